The fourth-order valence-corrected chi connectivity index (χ4v) is 3.57. The maximum absolute atomic E-state index is 11.0. The van der Waals surface area contributed by atoms with E-state index in [1.807, 2.05) is 10.6 Å². The molecular weight excluding hydrogens is 324 g/mol. The Morgan fingerprint density at radius 3 is 3.08 bits per heavy atom. The molecule has 0 unspecified atom stereocenters. The van der Waals surface area contributed by atoms with Gasteiger partial charge >= 0.3 is 5.97 Å². The van der Waals surface area contributed by atoms with E-state index in [2.05, 4.69) is 22.1 Å². The summed E-state index contributed by atoms with van der Waals surface area (Å²) in [5.41, 5.74) is 8.63. The number of esters is 1. The van der Waals surface area contributed by atoms with Crippen molar-refractivity contribution in [3.8, 4) is 0 Å². The summed E-state index contributed by atoms with van der Waals surface area (Å²) in [6.45, 7) is 3.77. The molecule has 2 N–H and O–H groups in total. The van der Waals surface area contributed by atoms with Gasteiger partial charge in [-0.3, -0.25) is 4.79 Å². The maximum atomic E-state index is 11.0. The highest BCUT2D eigenvalue weighted by molar-refractivity contribution is 6.08. The van der Waals surface area contributed by atoms with Crippen molar-refractivity contribution in [2.45, 2.75) is 32.5 Å². The zero-order chi connectivity index (χ0) is 17.7. The number of anilines is 1. The summed E-state index contributed by atoms with van der Waals surface area (Å²) in [7, 11) is 1.80. The van der Waals surface area contributed by atoms with Crippen molar-refractivity contribution in [2.24, 2.45) is 16.8 Å². The van der Waals surface area contributed by atoms with Crippen LogP contribution in [0.15, 0.2) is 17.5 Å². The highest BCUT2D eigenvalue weighted by atomic mass is 16.6. The van der Waals surface area contributed by atoms with E-state index in [0.717, 1.165) is 23.2 Å². The van der Waals surface area contributed by atoms with Crippen LogP contribution in [-0.4, -0.2) is 46.2 Å². The molecule has 1 saturated heterocycles. The molecule has 0 aliphatic carbocycles. The minimum atomic E-state index is -0.301. The van der Waals surface area contributed by atoms with Crippen LogP contribution in [0.4, 0.5) is 5.82 Å². The average molecular weight is 344 g/mol. The number of aromatic nitrogens is 3. The van der Waals surface area contributed by atoms with Gasteiger partial charge in [-0.2, -0.15) is 10.2 Å². The second-order valence-corrected chi connectivity index (χ2v) is 6.53. The van der Waals surface area contributed by atoms with Crippen molar-refractivity contribution in [3.05, 3.63) is 23.7 Å². The van der Waals surface area contributed by atoms with Crippen LogP contribution in [0.25, 0.3) is 5.52 Å². The van der Waals surface area contributed by atoms with Crippen LogP contribution in [0, 0.1) is 5.92 Å². The summed E-state index contributed by atoms with van der Waals surface area (Å²) in [4.78, 5) is 15.3. The molecule has 0 spiro atoms. The van der Waals surface area contributed by atoms with E-state index in [9.17, 15) is 4.79 Å². The number of rotatable bonds is 3. The molecule has 25 heavy (non-hydrogen) atoms. The number of hydrazone groups is 1. The Bertz CT molecular complexity index is 876. The van der Waals surface area contributed by atoms with Crippen molar-refractivity contribution < 1.29 is 14.3 Å². The molecule has 0 radical (unpaired) electrons. The van der Waals surface area contributed by atoms with Gasteiger partial charge < -0.3 is 15.2 Å². The lowest BCUT2D eigenvalue weighted by Gasteiger charge is -2.19. The molecular formula is C16H20N6O3. The molecule has 1 fully saturated rings. The van der Waals surface area contributed by atoms with E-state index >= 15 is 0 Å². The van der Waals surface area contributed by atoms with Gasteiger partial charge in [-0.25, -0.2) is 14.5 Å². The van der Waals surface area contributed by atoms with Gasteiger partial charge in [0.15, 0.2) is 11.7 Å². The van der Waals surface area contributed by atoms with E-state index < -0.39 is 0 Å². The lowest BCUT2D eigenvalue weighted by Crippen LogP contribution is -2.26. The third-order valence-corrected chi connectivity index (χ3v) is 4.66. The zero-order valence-corrected chi connectivity index (χ0v) is 14.3. The van der Waals surface area contributed by atoms with Crippen LogP contribution in [0.2, 0.25) is 0 Å². The highest BCUT2D eigenvalue weighted by Gasteiger charge is 2.37. The molecule has 0 aromatic carbocycles. The van der Waals surface area contributed by atoms with Crippen molar-refractivity contribution in [3.63, 3.8) is 0 Å². The van der Waals surface area contributed by atoms with Crippen molar-refractivity contribution in [1.29, 1.82) is 0 Å². The molecule has 0 amide bonds. The number of hydrogen-bond acceptors (Lipinski definition) is 8. The fraction of sp³-hybridized carbons (Fsp3) is 0.500. The predicted molar refractivity (Wildman–Crippen MR) is 90.1 cm³/mol. The molecule has 4 rings (SSSR count). The number of carbonyl (C=O) groups is 1. The first-order chi connectivity index (χ1) is 12.0. The molecule has 0 saturated carbocycles. The van der Waals surface area contributed by atoms with E-state index in [1.54, 1.807) is 12.1 Å². The van der Waals surface area contributed by atoms with E-state index in [-0.39, 0.29) is 30.7 Å². The largest absolute Gasteiger partial charge is 0.463 e. The second-order valence-electron chi connectivity index (χ2n) is 6.53. The molecule has 132 valence electrons. The van der Waals surface area contributed by atoms with Gasteiger partial charge in [0, 0.05) is 19.5 Å². The SMILES string of the molecule is CC(=O)OC[C@@H]1C[C@H](C)[C@H](c2cc3c4c(ncnn24)N(C)N=C3N)O1. The summed E-state index contributed by atoms with van der Waals surface area (Å²) in [6.07, 6.45) is 2.01. The van der Waals surface area contributed by atoms with Gasteiger partial charge in [-0.1, -0.05) is 6.92 Å². The van der Waals surface area contributed by atoms with Crippen molar-refractivity contribution in [2.75, 3.05) is 18.7 Å². The molecule has 2 aromatic heterocycles. The fourth-order valence-electron chi connectivity index (χ4n) is 3.57. The summed E-state index contributed by atoms with van der Waals surface area (Å²) < 4.78 is 13.1. The maximum Gasteiger partial charge on any atom is 0.302 e. The summed E-state index contributed by atoms with van der Waals surface area (Å²) >= 11 is 0. The Balaban J connectivity index is 1.72. The van der Waals surface area contributed by atoms with Crippen LogP contribution in [0.3, 0.4) is 0 Å². The minimum Gasteiger partial charge on any atom is -0.463 e. The first-order valence-electron chi connectivity index (χ1n) is 8.19. The van der Waals surface area contributed by atoms with E-state index in [4.69, 9.17) is 15.2 Å². The highest BCUT2D eigenvalue weighted by Crippen LogP contribution is 2.40. The lowest BCUT2D eigenvalue weighted by atomic mass is 9.99. The van der Waals surface area contributed by atoms with Crippen LogP contribution in [-0.2, 0) is 14.3 Å². The summed E-state index contributed by atoms with van der Waals surface area (Å²) in [5, 5.41) is 10.3. The van der Waals surface area contributed by atoms with Crippen LogP contribution in [0.5, 0.6) is 0 Å². The quantitative estimate of drug-likeness (QED) is 0.822. The van der Waals surface area contributed by atoms with Crippen LogP contribution < -0.4 is 10.7 Å². The summed E-state index contributed by atoms with van der Waals surface area (Å²) in [6, 6.07) is 1.97. The van der Waals surface area contributed by atoms with Crippen molar-refractivity contribution >= 4 is 23.1 Å². The topological polar surface area (TPSA) is 107 Å². The van der Waals surface area contributed by atoms with Gasteiger partial charge in [0.1, 0.15) is 24.6 Å². The normalized spacial score (nSPS) is 25.3. The first-order valence-corrected chi connectivity index (χ1v) is 8.19. The van der Waals surface area contributed by atoms with Crippen molar-refractivity contribution in [1.82, 2.24) is 14.6 Å². The van der Waals surface area contributed by atoms with Gasteiger partial charge in [-0.15, -0.1) is 0 Å². The molecule has 2 aliphatic rings. The number of nitrogens with zero attached hydrogens (tertiary/aromatic N) is 5. The molecule has 9 nitrogen and oxygen atoms in total. The van der Waals surface area contributed by atoms with Gasteiger partial charge in [0.05, 0.1) is 11.8 Å². The Hall–Kier alpha value is -2.68. The lowest BCUT2D eigenvalue weighted by molar-refractivity contribution is -0.145. The number of amidine groups is 1. The molecule has 2 aliphatic heterocycles. The van der Waals surface area contributed by atoms with E-state index in [0.29, 0.717) is 11.7 Å². The third-order valence-electron chi connectivity index (χ3n) is 4.66. The number of ether oxygens (including phenoxy) is 2. The Labute approximate surface area is 144 Å². The average Bonchev–Trinajstić information content (AvgIpc) is 3.12. The molecule has 9 heteroatoms. The monoisotopic (exact) mass is 344 g/mol. The number of nitrogens with two attached hydrogens (primary N) is 1. The van der Waals surface area contributed by atoms with Gasteiger partial charge in [0.2, 0.25) is 0 Å². The first kappa shape index (κ1) is 15.8. The number of hydrogen-bond donors (Lipinski definition) is 1. The molecule has 0 bridgehead atoms. The molecule has 4 heterocycles. The Morgan fingerprint density at radius 1 is 1.52 bits per heavy atom. The third kappa shape index (κ3) is 2.51. The summed E-state index contributed by atoms with van der Waals surface area (Å²) in [5.74, 6) is 1.08. The standard InChI is InChI=1S/C16H20N6O3/c1-8-4-10(6-24-9(2)23)25-14(8)12-5-11-13-16(18-7-19-22(12)13)21(3)20-15(11)17/h5,7-8,10,14H,4,6H2,1-3H3,(H2,17,20)/t8-,10-,14+/m0/s1. The number of carbonyl (C=O) groups excluding carboxylic acids is 1. The zero-order valence-electron chi connectivity index (χ0n) is 14.3. The van der Waals surface area contributed by atoms with Crippen LogP contribution in [0.1, 0.15) is 37.6 Å². The predicted octanol–water partition coefficient (Wildman–Crippen LogP) is 0.829. The van der Waals surface area contributed by atoms with E-state index in [1.165, 1.54) is 13.3 Å². The molecule has 3 atom stereocenters. The van der Waals surface area contributed by atoms with Gasteiger partial charge in [-0.05, 0) is 18.4 Å². The molecule has 2 aromatic rings. The van der Waals surface area contributed by atoms with Gasteiger partial charge in [0.25, 0.3) is 0 Å². The Kier molecular flexibility index (Phi) is 3.60. The van der Waals surface area contributed by atoms with Crippen LogP contribution >= 0.6 is 0 Å². The minimum absolute atomic E-state index is 0.127. The Morgan fingerprint density at radius 2 is 2.32 bits per heavy atom. The smallest absolute Gasteiger partial charge is 0.302 e. The second kappa shape index (κ2) is 5.69.